The SMILES string of the molecule is COc1ccc(C(=O)N=c2c3[nH]cnc3ncn2C2(N)CCC(CC(=O)O)CC2C(=O)OC(C)(C)C)cc1. The number of carboxylic acid groups (broad SMARTS) is 1. The summed E-state index contributed by atoms with van der Waals surface area (Å²) in [7, 11) is 1.53. The fourth-order valence-corrected chi connectivity index (χ4v) is 4.80. The zero-order chi connectivity index (χ0) is 27.7. The predicted molar refractivity (Wildman–Crippen MR) is 136 cm³/mol. The number of carbonyl (C=O) groups is 3. The molecule has 0 radical (unpaired) electrons. The van der Waals surface area contributed by atoms with Crippen molar-refractivity contribution in [2.75, 3.05) is 7.11 Å². The summed E-state index contributed by atoms with van der Waals surface area (Å²) < 4.78 is 12.4. The molecule has 3 unspecified atom stereocenters. The Kier molecular flexibility index (Phi) is 7.36. The fourth-order valence-electron chi connectivity index (χ4n) is 4.80. The number of carbonyl (C=O) groups excluding carboxylic acids is 2. The summed E-state index contributed by atoms with van der Waals surface area (Å²) in [6, 6.07) is 6.50. The number of ether oxygens (including phenoxy) is 2. The molecule has 38 heavy (non-hydrogen) atoms. The maximum Gasteiger partial charge on any atom is 0.313 e. The van der Waals surface area contributed by atoms with Crippen LogP contribution in [0, 0.1) is 11.8 Å². The van der Waals surface area contributed by atoms with E-state index >= 15 is 0 Å². The third-order valence-electron chi connectivity index (χ3n) is 6.64. The highest BCUT2D eigenvalue weighted by Crippen LogP contribution is 2.41. The molecular formula is C26H32N6O6. The third-order valence-corrected chi connectivity index (χ3v) is 6.64. The standard InChI is InChI=1S/C26H32N6O6/c1-25(2,3)38-24(36)18-11-15(12-19(33)34)9-10-26(18,27)32-14-30-21-20(28-13-29-21)22(32)31-23(35)16-5-7-17(37-4)8-6-16/h5-8,13-15,18H,9-12,27H2,1-4H3,(H,28,29)(H,33,34). The lowest BCUT2D eigenvalue weighted by molar-refractivity contribution is -0.168. The Morgan fingerprint density at radius 3 is 2.58 bits per heavy atom. The lowest BCUT2D eigenvalue weighted by Gasteiger charge is -2.44. The molecule has 1 saturated carbocycles. The van der Waals surface area contributed by atoms with E-state index in [4.69, 9.17) is 15.2 Å². The molecule has 202 valence electrons. The van der Waals surface area contributed by atoms with Gasteiger partial charge < -0.3 is 25.3 Å². The number of fused-ring (bicyclic) bond motifs is 1. The van der Waals surface area contributed by atoms with Crippen LogP contribution in [-0.4, -0.2) is 55.2 Å². The molecule has 1 fully saturated rings. The Bertz CT molecular complexity index is 1420. The molecule has 2 aromatic heterocycles. The average Bonchev–Trinajstić information content (AvgIpc) is 3.33. The molecule has 0 bridgehead atoms. The predicted octanol–water partition coefficient (Wildman–Crippen LogP) is 2.35. The van der Waals surface area contributed by atoms with Gasteiger partial charge >= 0.3 is 11.9 Å². The van der Waals surface area contributed by atoms with Gasteiger partial charge in [-0.2, -0.15) is 4.99 Å². The highest BCUT2D eigenvalue weighted by Gasteiger charge is 2.48. The number of nitrogens with two attached hydrogens (primary N) is 1. The molecule has 3 atom stereocenters. The first-order valence-corrected chi connectivity index (χ1v) is 12.3. The third kappa shape index (κ3) is 5.59. The van der Waals surface area contributed by atoms with E-state index < -0.39 is 35.0 Å². The number of nitrogens with zero attached hydrogens (tertiary/aromatic N) is 4. The molecule has 0 saturated heterocycles. The summed E-state index contributed by atoms with van der Waals surface area (Å²) in [4.78, 5) is 54.0. The first-order valence-electron chi connectivity index (χ1n) is 12.3. The summed E-state index contributed by atoms with van der Waals surface area (Å²) in [5.41, 5.74) is 5.98. The zero-order valence-corrected chi connectivity index (χ0v) is 21.8. The molecule has 12 nitrogen and oxygen atoms in total. The van der Waals surface area contributed by atoms with Gasteiger partial charge in [0, 0.05) is 12.0 Å². The lowest BCUT2D eigenvalue weighted by atomic mass is 9.72. The van der Waals surface area contributed by atoms with Crippen LogP contribution in [0.25, 0.3) is 11.2 Å². The monoisotopic (exact) mass is 524 g/mol. The first-order chi connectivity index (χ1) is 17.9. The van der Waals surface area contributed by atoms with Crippen molar-refractivity contribution >= 4 is 29.0 Å². The molecular weight excluding hydrogens is 492 g/mol. The topological polar surface area (TPSA) is 175 Å². The second-order valence-electron chi connectivity index (χ2n) is 10.5. The van der Waals surface area contributed by atoms with Gasteiger partial charge in [0.25, 0.3) is 5.91 Å². The molecule has 4 N–H and O–H groups in total. The van der Waals surface area contributed by atoms with Crippen molar-refractivity contribution < 1.29 is 29.0 Å². The van der Waals surface area contributed by atoms with Gasteiger partial charge in [0.05, 0.1) is 19.4 Å². The molecule has 1 aliphatic rings. The van der Waals surface area contributed by atoms with Gasteiger partial charge in [-0.15, -0.1) is 0 Å². The normalized spacial score (nSPS) is 22.3. The Hall–Kier alpha value is -4.06. The summed E-state index contributed by atoms with van der Waals surface area (Å²) in [5, 5.41) is 9.37. The molecule has 1 aliphatic carbocycles. The fraction of sp³-hybridized carbons (Fsp3) is 0.462. The number of rotatable bonds is 6. The van der Waals surface area contributed by atoms with Crippen LogP contribution in [0.1, 0.15) is 56.8 Å². The number of imidazole rings is 1. The minimum absolute atomic E-state index is 0.0922. The van der Waals surface area contributed by atoms with E-state index in [0.29, 0.717) is 28.9 Å². The van der Waals surface area contributed by atoms with E-state index in [1.54, 1.807) is 45.0 Å². The van der Waals surface area contributed by atoms with Crippen LogP contribution in [0.2, 0.25) is 0 Å². The van der Waals surface area contributed by atoms with Gasteiger partial charge in [0.1, 0.15) is 28.9 Å². The summed E-state index contributed by atoms with van der Waals surface area (Å²) in [6.45, 7) is 5.25. The smallest absolute Gasteiger partial charge is 0.313 e. The number of carboxylic acids is 1. The second-order valence-corrected chi connectivity index (χ2v) is 10.5. The molecule has 1 aromatic carbocycles. The quantitative estimate of drug-likeness (QED) is 0.409. The number of amides is 1. The van der Waals surface area contributed by atoms with Gasteiger partial charge in [0.15, 0.2) is 11.1 Å². The van der Waals surface area contributed by atoms with Crippen LogP contribution in [0.3, 0.4) is 0 Å². The van der Waals surface area contributed by atoms with Crippen LogP contribution in [0.4, 0.5) is 0 Å². The number of hydrogen-bond donors (Lipinski definition) is 3. The number of aromatic nitrogens is 4. The Morgan fingerprint density at radius 1 is 1.24 bits per heavy atom. The van der Waals surface area contributed by atoms with E-state index in [1.165, 1.54) is 24.3 Å². The minimum Gasteiger partial charge on any atom is -0.497 e. The number of nitrogens with one attached hydrogen (secondary N) is 1. The highest BCUT2D eigenvalue weighted by molar-refractivity contribution is 5.95. The minimum atomic E-state index is -1.40. The van der Waals surface area contributed by atoms with E-state index in [-0.39, 0.29) is 30.7 Å². The van der Waals surface area contributed by atoms with E-state index in [1.807, 2.05) is 0 Å². The number of aromatic amines is 1. The van der Waals surface area contributed by atoms with Crippen molar-refractivity contribution in [2.24, 2.45) is 22.6 Å². The molecule has 12 heteroatoms. The Labute approximate surface area is 218 Å². The van der Waals surface area contributed by atoms with Crippen molar-refractivity contribution in [3.05, 3.63) is 48.0 Å². The largest absolute Gasteiger partial charge is 0.497 e. The first kappa shape index (κ1) is 27.0. The summed E-state index contributed by atoms with van der Waals surface area (Å²) in [5.74, 6) is -2.64. The number of esters is 1. The Balaban J connectivity index is 1.85. The van der Waals surface area contributed by atoms with E-state index in [9.17, 15) is 19.5 Å². The molecule has 2 heterocycles. The molecule has 4 rings (SSSR count). The molecule has 0 spiro atoms. The van der Waals surface area contributed by atoms with Crippen LogP contribution in [0.5, 0.6) is 5.75 Å². The maximum absolute atomic E-state index is 13.5. The van der Waals surface area contributed by atoms with E-state index in [2.05, 4.69) is 19.9 Å². The van der Waals surface area contributed by atoms with Crippen molar-refractivity contribution in [2.45, 2.75) is 57.7 Å². The average molecular weight is 525 g/mol. The second kappa shape index (κ2) is 10.4. The van der Waals surface area contributed by atoms with Crippen LogP contribution in [0.15, 0.2) is 41.9 Å². The van der Waals surface area contributed by atoms with Crippen molar-refractivity contribution in [3.8, 4) is 5.75 Å². The lowest BCUT2D eigenvalue weighted by Crippen LogP contribution is -2.59. The van der Waals surface area contributed by atoms with Crippen molar-refractivity contribution in [1.82, 2.24) is 19.5 Å². The maximum atomic E-state index is 13.5. The number of aliphatic carboxylic acids is 1. The van der Waals surface area contributed by atoms with Crippen molar-refractivity contribution in [1.29, 1.82) is 0 Å². The van der Waals surface area contributed by atoms with Gasteiger partial charge in [0.2, 0.25) is 0 Å². The van der Waals surface area contributed by atoms with Gasteiger partial charge in [-0.3, -0.25) is 19.0 Å². The molecule has 3 aromatic rings. The van der Waals surface area contributed by atoms with Crippen LogP contribution >= 0.6 is 0 Å². The zero-order valence-electron chi connectivity index (χ0n) is 21.8. The van der Waals surface area contributed by atoms with Gasteiger partial charge in [-0.25, -0.2) is 9.97 Å². The number of H-pyrrole nitrogens is 1. The van der Waals surface area contributed by atoms with E-state index in [0.717, 1.165) is 0 Å². The Morgan fingerprint density at radius 2 is 1.95 bits per heavy atom. The molecule has 1 amide bonds. The van der Waals surface area contributed by atoms with Crippen LogP contribution in [-0.2, 0) is 20.0 Å². The van der Waals surface area contributed by atoms with Crippen molar-refractivity contribution in [3.63, 3.8) is 0 Å². The van der Waals surface area contributed by atoms with Gasteiger partial charge in [-0.05, 0) is 70.2 Å². The number of methoxy groups -OCH3 is 1. The summed E-state index contributed by atoms with van der Waals surface area (Å²) >= 11 is 0. The number of benzene rings is 1. The highest BCUT2D eigenvalue weighted by atomic mass is 16.6. The number of hydrogen-bond acceptors (Lipinski definition) is 8. The molecule has 0 aliphatic heterocycles. The van der Waals surface area contributed by atoms with Crippen LogP contribution < -0.4 is 16.0 Å². The summed E-state index contributed by atoms with van der Waals surface area (Å²) in [6.07, 6.45) is 3.63. The van der Waals surface area contributed by atoms with Gasteiger partial charge in [-0.1, -0.05) is 0 Å².